The largest absolute Gasteiger partial charge is 0.395 e. The van der Waals surface area contributed by atoms with Gasteiger partial charge in [-0.3, -0.25) is 14.4 Å². The third-order valence-corrected chi connectivity index (χ3v) is 6.80. The molecule has 3 aromatic carbocycles. The van der Waals surface area contributed by atoms with Gasteiger partial charge in [0.25, 0.3) is 11.8 Å². The minimum atomic E-state index is -1.07. The molecule has 0 radical (unpaired) electrons. The molecule has 0 saturated carbocycles. The monoisotopic (exact) mass is 531 g/mol. The number of nitrogens with one attached hydrogen (secondary N) is 1. The number of nitrogen functional groups attached to an aromatic ring is 1. The molecule has 0 aliphatic rings. The topological polar surface area (TPSA) is 131 Å². The minimum absolute atomic E-state index is 0.0196. The van der Waals surface area contributed by atoms with Crippen LogP contribution in [-0.2, 0) is 17.9 Å². The van der Waals surface area contributed by atoms with Crippen molar-refractivity contribution in [2.24, 2.45) is 5.73 Å². The third kappa shape index (κ3) is 6.04. The van der Waals surface area contributed by atoms with E-state index in [9.17, 15) is 18.8 Å². The van der Waals surface area contributed by atoms with Crippen molar-refractivity contribution in [2.75, 3.05) is 5.73 Å². The molecule has 194 valence electrons. The van der Waals surface area contributed by atoms with Crippen molar-refractivity contribution >= 4 is 34.9 Å². The number of carbonyl (C=O) groups excluding carboxylic acids is 3. The van der Waals surface area contributed by atoms with E-state index in [0.717, 1.165) is 22.7 Å². The van der Waals surface area contributed by atoms with Crippen LogP contribution in [0.3, 0.4) is 0 Å². The summed E-state index contributed by atoms with van der Waals surface area (Å²) in [6.07, 6.45) is 0. The highest BCUT2D eigenvalue weighted by molar-refractivity contribution is 7.09. The van der Waals surface area contributed by atoms with Gasteiger partial charge in [0.1, 0.15) is 16.7 Å². The second kappa shape index (κ2) is 11.7. The van der Waals surface area contributed by atoms with Gasteiger partial charge in [-0.1, -0.05) is 72.3 Å². The lowest BCUT2D eigenvalue weighted by molar-refractivity contribution is -0.126. The van der Waals surface area contributed by atoms with Crippen LogP contribution in [-0.4, -0.2) is 27.0 Å². The van der Waals surface area contributed by atoms with E-state index in [-0.39, 0.29) is 29.3 Å². The molecule has 0 fully saturated rings. The zero-order valence-corrected chi connectivity index (χ0v) is 21.4. The fourth-order valence-corrected chi connectivity index (χ4v) is 4.69. The Morgan fingerprint density at radius 1 is 0.974 bits per heavy atom. The van der Waals surface area contributed by atoms with Gasteiger partial charge in [0.2, 0.25) is 5.91 Å². The molecule has 3 amide bonds. The Hall–Kier alpha value is -4.57. The maximum absolute atomic E-state index is 13.9. The number of hydrogen-bond donors (Lipinski definition) is 3. The van der Waals surface area contributed by atoms with E-state index in [2.05, 4.69) is 9.69 Å². The van der Waals surface area contributed by atoms with Crippen LogP contribution in [0.4, 0.5) is 10.1 Å². The van der Waals surface area contributed by atoms with Crippen LogP contribution in [0, 0.1) is 12.7 Å². The van der Waals surface area contributed by atoms with Crippen LogP contribution in [0.2, 0.25) is 0 Å². The highest BCUT2D eigenvalue weighted by atomic mass is 32.1. The van der Waals surface area contributed by atoms with Gasteiger partial charge in [0.15, 0.2) is 5.69 Å². The molecular formula is C28H26FN5O3S. The van der Waals surface area contributed by atoms with Crippen LogP contribution >= 0.6 is 11.5 Å². The lowest BCUT2D eigenvalue weighted by Crippen LogP contribution is -2.43. The first-order valence-electron chi connectivity index (χ1n) is 11.7. The highest BCUT2D eigenvalue weighted by Crippen LogP contribution is 2.30. The number of hydrogen-bond acceptors (Lipinski definition) is 6. The number of anilines is 1. The number of nitrogens with zero attached hydrogens (tertiary/aromatic N) is 2. The quantitative estimate of drug-likeness (QED) is 0.301. The summed E-state index contributed by atoms with van der Waals surface area (Å²) in [4.78, 5) is 40.7. The van der Waals surface area contributed by atoms with Gasteiger partial charge < -0.3 is 21.7 Å². The fraction of sp³-hybridized carbons (Fsp3) is 0.143. The average Bonchev–Trinajstić information content (AvgIpc) is 3.31. The van der Waals surface area contributed by atoms with Gasteiger partial charge in [0.05, 0.1) is 5.69 Å². The maximum Gasteiger partial charge on any atom is 0.270 e. The minimum Gasteiger partial charge on any atom is -0.395 e. The van der Waals surface area contributed by atoms with E-state index in [1.54, 1.807) is 12.1 Å². The maximum atomic E-state index is 13.9. The smallest absolute Gasteiger partial charge is 0.270 e. The van der Waals surface area contributed by atoms with Gasteiger partial charge in [0, 0.05) is 13.1 Å². The van der Waals surface area contributed by atoms with E-state index in [0.29, 0.717) is 11.1 Å². The Morgan fingerprint density at radius 2 is 1.63 bits per heavy atom. The van der Waals surface area contributed by atoms with E-state index < -0.39 is 29.6 Å². The second-order valence-electron chi connectivity index (χ2n) is 8.71. The van der Waals surface area contributed by atoms with Crippen molar-refractivity contribution in [1.29, 1.82) is 0 Å². The molecule has 4 rings (SSSR count). The highest BCUT2D eigenvalue weighted by Gasteiger charge is 2.35. The van der Waals surface area contributed by atoms with Crippen molar-refractivity contribution in [3.8, 4) is 0 Å². The van der Waals surface area contributed by atoms with Crippen LogP contribution in [0.25, 0.3) is 0 Å². The molecule has 1 heterocycles. The summed E-state index contributed by atoms with van der Waals surface area (Å²) in [5.74, 6) is -2.33. The summed E-state index contributed by atoms with van der Waals surface area (Å²) in [6, 6.07) is 21.2. The average molecular weight is 532 g/mol. The van der Waals surface area contributed by atoms with Crippen molar-refractivity contribution in [3.63, 3.8) is 0 Å². The molecule has 0 aliphatic carbocycles. The second-order valence-corrected chi connectivity index (χ2v) is 9.49. The van der Waals surface area contributed by atoms with Crippen molar-refractivity contribution in [3.05, 3.63) is 118 Å². The molecule has 0 unspecified atom stereocenters. The Kier molecular flexibility index (Phi) is 8.12. The van der Waals surface area contributed by atoms with E-state index in [1.807, 2.05) is 49.4 Å². The van der Waals surface area contributed by atoms with Crippen molar-refractivity contribution < 1.29 is 18.8 Å². The molecule has 10 heteroatoms. The van der Waals surface area contributed by atoms with E-state index >= 15 is 0 Å². The molecule has 1 atom stereocenters. The number of rotatable bonds is 9. The first kappa shape index (κ1) is 26.5. The number of amides is 3. The van der Waals surface area contributed by atoms with Gasteiger partial charge >= 0.3 is 0 Å². The number of halogens is 1. The van der Waals surface area contributed by atoms with Crippen molar-refractivity contribution in [1.82, 2.24) is 14.6 Å². The van der Waals surface area contributed by atoms with Crippen molar-refractivity contribution in [2.45, 2.75) is 26.1 Å². The van der Waals surface area contributed by atoms with E-state index in [1.165, 1.54) is 29.2 Å². The summed E-state index contributed by atoms with van der Waals surface area (Å²) in [6.45, 7) is 2.12. The zero-order chi connectivity index (χ0) is 27.2. The lowest BCUT2D eigenvalue weighted by atomic mass is 10.0. The van der Waals surface area contributed by atoms with Gasteiger partial charge in [-0.25, -0.2) is 4.39 Å². The summed E-state index contributed by atoms with van der Waals surface area (Å²) < 4.78 is 17.6. The molecule has 0 saturated heterocycles. The first-order chi connectivity index (χ1) is 18.2. The summed E-state index contributed by atoms with van der Waals surface area (Å²) >= 11 is 0.732. The fourth-order valence-electron chi connectivity index (χ4n) is 3.93. The van der Waals surface area contributed by atoms with Crippen LogP contribution in [0.5, 0.6) is 0 Å². The molecule has 4 aromatic rings. The number of benzene rings is 3. The van der Waals surface area contributed by atoms with E-state index in [4.69, 9.17) is 11.5 Å². The molecule has 8 nitrogen and oxygen atoms in total. The normalized spacial score (nSPS) is 11.5. The number of carbonyl (C=O) groups is 3. The SMILES string of the molecule is Cc1ccc([C@@H](C(=O)NCc2ccccc2)N(Cc2ccc(F)cc2)C(=O)c2snc(C(N)=O)c2N)cc1. The van der Waals surface area contributed by atoms with Crippen LogP contribution in [0.1, 0.15) is 48.5 Å². The third-order valence-electron chi connectivity index (χ3n) is 5.95. The molecule has 1 aromatic heterocycles. The van der Waals surface area contributed by atoms with Crippen LogP contribution in [0.15, 0.2) is 78.9 Å². The number of primary amides is 1. The summed E-state index contributed by atoms with van der Waals surface area (Å²) in [7, 11) is 0. The van der Waals surface area contributed by atoms with Gasteiger partial charge in [-0.15, -0.1) is 0 Å². The predicted octanol–water partition coefficient (Wildman–Crippen LogP) is 3.97. The molecule has 0 spiro atoms. The first-order valence-corrected chi connectivity index (χ1v) is 12.5. The number of aryl methyl sites for hydroxylation is 1. The van der Waals surface area contributed by atoms with Gasteiger partial charge in [-0.05, 0) is 47.3 Å². The molecular weight excluding hydrogens is 505 g/mol. The zero-order valence-electron chi connectivity index (χ0n) is 20.6. The standard InChI is InChI=1S/C28H26FN5O3S/c1-17-7-11-20(12-8-17)24(27(36)32-15-18-5-3-2-4-6-18)34(16-19-9-13-21(29)14-10-19)28(37)25-22(30)23(26(31)35)33-38-25/h2-14,24H,15-16,30H2,1H3,(H2,31,35)(H,32,36)/t24-/m0/s1. The predicted molar refractivity (Wildman–Crippen MR) is 144 cm³/mol. The molecule has 5 N–H and O–H groups in total. The number of aromatic nitrogens is 1. The van der Waals surface area contributed by atoms with Gasteiger partial charge in [-0.2, -0.15) is 4.37 Å². The van der Waals surface area contributed by atoms with Crippen LogP contribution < -0.4 is 16.8 Å². The molecule has 0 aliphatic heterocycles. The molecule has 38 heavy (non-hydrogen) atoms. The summed E-state index contributed by atoms with van der Waals surface area (Å²) in [5, 5.41) is 2.92. The number of nitrogens with two attached hydrogens (primary N) is 2. The Bertz CT molecular complexity index is 1440. The molecule has 0 bridgehead atoms. The Balaban J connectivity index is 1.77. The Morgan fingerprint density at radius 3 is 2.24 bits per heavy atom. The lowest BCUT2D eigenvalue weighted by Gasteiger charge is -2.31. The Labute approximate surface area is 223 Å². The summed E-state index contributed by atoms with van der Waals surface area (Å²) in [5.41, 5.74) is 14.1.